The fourth-order valence-electron chi connectivity index (χ4n) is 0. The van der Waals surface area contributed by atoms with Crippen molar-refractivity contribution in [3.63, 3.8) is 0 Å². The summed E-state index contributed by atoms with van der Waals surface area (Å²) in [6, 6.07) is -2.19. The van der Waals surface area contributed by atoms with Crippen molar-refractivity contribution >= 4 is 45.7 Å². The SMILES string of the molecule is C[Si](Cl)(Cl)Cl.O=CO. The first-order chi connectivity index (χ1) is 3.41. The van der Waals surface area contributed by atoms with Crippen molar-refractivity contribution in [2.75, 3.05) is 0 Å². The van der Waals surface area contributed by atoms with E-state index < -0.39 is 6.00 Å². The van der Waals surface area contributed by atoms with Crippen LogP contribution in [0.1, 0.15) is 0 Å². The Kier molecular flexibility index (Phi) is 8.08. The highest BCUT2D eigenvalue weighted by atomic mass is 35.8. The van der Waals surface area contributed by atoms with Crippen molar-refractivity contribution in [1.29, 1.82) is 0 Å². The van der Waals surface area contributed by atoms with Crippen LogP contribution in [0.4, 0.5) is 0 Å². The molecule has 0 amide bonds. The van der Waals surface area contributed by atoms with Crippen LogP contribution in [0.15, 0.2) is 0 Å². The topological polar surface area (TPSA) is 37.3 Å². The van der Waals surface area contributed by atoms with E-state index in [2.05, 4.69) is 0 Å². The van der Waals surface area contributed by atoms with E-state index in [9.17, 15) is 0 Å². The summed E-state index contributed by atoms with van der Waals surface area (Å²) in [7, 11) is 0. The summed E-state index contributed by atoms with van der Waals surface area (Å²) in [5, 5.41) is 6.89. The van der Waals surface area contributed by atoms with Crippen LogP contribution in [0, 0.1) is 0 Å². The molecular weight excluding hydrogens is 190 g/mol. The smallest absolute Gasteiger partial charge is 0.338 e. The number of hydrogen-bond acceptors (Lipinski definition) is 1. The second-order valence-corrected chi connectivity index (χ2v) is 11.0. The van der Waals surface area contributed by atoms with Gasteiger partial charge in [0, 0.05) is 0 Å². The molecule has 6 heteroatoms. The summed E-state index contributed by atoms with van der Waals surface area (Å²) < 4.78 is 0. The Morgan fingerprint density at radius 2 is 1.50 bits per heavy atom. The molecule has 0 radical (unpaired) electrons. The van der Waals surface area contributed by atoms with Crippen LogP contribution < -0.4 is 0 Å². The minimum Gasteiger partial charge on any atom is -0.483 e. The lowest BCUT2D eigenvalue weighted by atomic mass is 11.7. The van der Waals surface area contributed by atoms with Crippen LogP contribution in [-0.4, -0.2) is 17.6 Å². The lowest BCUT2D eigenvalue weighted by Gasteiger charge is -1.89. The fraction of sp³-hybridized carbons (Fsp3) is 0.500. The molecule has 50 valence electrons. The van der Waals surface area contributed by atoms with E-state index in [0.717, 1.165) is 0 Å². The molecule has 1 N–H and O–H groups in total. The predicted octanol–water partition coefficient (Wildman–Crippen LogP) is 1.97. The van der Waals surface area contributed by atoms with Gasteiger partial charge in [-0.1, -0.05) is 0 Å². The van der Waals surface area contributed by atoms with Gasteiger partial charge >= 0.3 is 6.00 Å². The summed E-state index contributed by atoms with van der Waals surface area (Å²) in [6.45, 7) is 1.37. The molecule has 0 spiro atoms. The number of hydrogen-bond donors (Lipinski definition) is 1. The molecule has 0 saturated heterocycles. The quantitative estimate of drug-likeness (QED) is 0.365. The molecule has 0 aromatic carbocycles. The number of halogens is 3. The van der Waals surface area contributed by atoms with Gasteiger partial charge in [-0.3, -0.25) is 4.79 Å². The zero-order chi connectivity index (χ0) is 7.21. The van der Waals surface area contributed by atoms with E-state index in [1.807, 2.05) is 0 Å². The van der Waals surface area contributed by atoms with Gasteiger partial charge < -0.3 is 5.11 Å². The molecule has 8 heavy (non-hydrogen) atoms. The molecule has 0 aromatic heterocycles. The molecule has 0 fully saturated rings. The number of carbonyl (C=O) groups is 1. The Hall–Kier alpha value is 0.557. The molecule has 0 unspecified atom stereocenters. The molecule has 0 aliphatic carbocycles. The molecule has 0 heterocycles. The molecule has 0 saturated carbocycles. The van der Waals surface area contributed by atoms with Gasteiger partial charge in [-0.25, -0.2) is 0 Å². The maximum atomic E-state index is 8.36. The fourth-order valence-corrected chi connectivity index (χ4v) is 0. The maximum absolute atomic E-state index is 8.36. The molecule has 0 aromatic rings. The number of rotatable bonds is 0. The molecular formula is C2H5Cl3O2Si. The van der Waals surface area contributed by atoms with Gasteiger partial charge in [0.2, 0.25) is 0 Å². The Morgan fingerprint density at radius 1 is 1.50 bits per heavy atom. The minimum atomic E-state index is -2.19. The van der Waals surface area contributed by atoms with E-state index in [1.165, 1.54) is 0 Å². The third-order valence-electron chi connectivity index (χ3n) is 0. The summed E-state index contributed by atoms with van der Waals surface area (Å²) in [6.07, 6.45) is 0. The summed E-state index contributed by atoms with van der Waals surface area (Å²) in [5.41, 5.74) is 0. The Labute approximate surface area is 62.5 Å². The second-order valence-electron chi connectivity index (χ2n) is 0.887. The summed E-state index contributed by atoms with van der Waals surface area (Å²) in [5.74, 6) is 0. The van der Waals surface area contributed by atoms with Gasteiger partial charge in [0.05, 0.1) is 0 Å². The first kappa shape index (κ1) is 11.4. The Morgan fingerprint density at radius 3 is 1.50 bits per heavy atom. The van der Waals surface area contributed by atoms with Crippen LogP contribution in [0.25, 0.3) is 0 Å². The minimum absolute atomic E-state index is 0.250. The third-order valence-corrected chi connectivity index (χ3v) is 0. The predicted molar refractivity (Wildman–Crippen MR) is 37.9 cm³/mol. The van der Waals surface area contributed by atoms with Crippen molar-refractivity contribution in [1.82, 2.24) is 0 Å². The van der Waals surface area contributed by atoms with Crippen LogP contribution in [0.3, 0.4) is 0 Å². The average molecular weight is 196 g/mol. The number of carboxylic acid groups (broad SMARTS) is 1. The van der Waals surface area contributed by atoms with E-state index in [0.29, 0.717) is 0 Å². The summed E-state index contributed by atoms with van der Waals surface area (Å²) >= 11 is 15.6. The normalized spacial score (nSPS) is 9.00. The standard InChI is InChI=1S/CH3Cl3Si.CH2O2/c1-5(2,3)4;2-1-3/h1H3;1H,(H,2,3). The van der Waals surface area contributed by atoms with E-state index in [4.69, 9.17) is 43.1 Å². The van der Waals surface area contributed by atoms with Gasteiger partial charge in [0.15, 0.2) is 0 Å². The molecule has 0 bridgehead atoms. The average Bonchev–Trinajstić information content (AvgIpc) is 1.27. The van der Waals surface area contributed by atoms with Gasteiger partial charge in [0.25, 0.3) is 6.47 Å². The third kappa shape index (κ3) is 653. The van der Waals surface area contributed by atoms with E-state index in [1.54, 1.807) is 6.55 Å². The highest BCUT2D eigenvalue weighted by molar-refractivity contribution is 7.64. The van der Waals surface area contributed by atoms with Gasteiger partial charge in [-0.05, 0) is 6.55 Å². The lowest BCUT2D eigenvalue weighted by Crippen LogP contribution is -1.97. The van der Waals surface area contributed by atoms with E-state index in [-0.39, 0.29) is 6.47 Å². The van der Waals surface area contributed by atoms with Crippen molar-refractivity contribution in [2.45, 2.75) is 6.55 Å². The highest BCUT2D eigenvalue weighted by Gasteiger charge is 2.13. The molecule has 2 nitrogen and oxygen atoms in total. The van der Waals surface area contributed by atoms with Crippen LogP contribution in [-0.2, 0) is 4.79 Å². The first-order valence-corrected chi connectivity index (χ1v) is 7.10. The van der Waals surface area contributed by atoms with Gasteiger partial charge in [-0.2, -0.15) is 0 Å². The van der Waals surface area contributed by atoms with Crippen LogP contribution in [0.2, 0.25) is 6.55 Å². The Balaban J connectivity index is 0. The monoisotopic (exact) mass is 194 g/mol. The summed E-state index contributed by atoms with van der Waals surface area (Å²) in [4.78, 5) is 8.36. The van der Waals surface area contributed by atoms with Crippen molar-refractivity contribution < 1.29 is 9.90 Å². The maximum Gasteiger partial charge on any atom is 0.338 e. The second kappa shape index (κ2) is 5.69. The largest absolute Gasteiger partial charge is 0.483 e. The van der Waals surface area contributed by atoms with Crippen LogP contribution in [0.5, 0.6) is 0 Å². The lowest BCUT2D eigenvalue weighted by molar-refractivity contribution is -0.122. The first-order valence-electron chi connectivity index (χ1n) is 1.56. The zero-order valence-corrected chi connectivity index (χ0v) is 7.33. The van der Waals surface area contributed by atoms with Crippen molar-refractivity contribution in [3.8, 4) is 0 Å². The van der Waals surface area contributed by atoms with Crippen LogP contribution >= 0.6 is 33.2 Å². The van der Waals surface area contributed by atoms with E-state index >= 15 is 0 Å². The molecule has 0 aliphatic rings. The van der Waals surface area contributed by atoms with Gasteiger partial charge in [-0.15, -0.1) is 33.2 Å². The Bertz CT molecular complexity index is 54.8. The molecule has 0 atom stereocenters. The highest BCUT2D eigenvalue weighted by Crippen LogP contribution is 2.17. The van der Waals surface area contributed by atoms with Gasteiger partial charge in [0.1, 0.15) is 0 Å². The zero-order valence-electron chi connectivity index (χ0n) is 4.07. The van der Waals surface area contributed by atoms with Crippen molar-refractivity contribution in [3.05, 3.63) is 0 Å². The molecule has 0 rings (SSSR count). The molecule has 0 aliphatic heterocycles. The van der Waals surface area contributed by atoms with Crippen molar-refractivity contribution in [2.24, 2.45) is 0 Å².